The molecule has 1 aromatic carbocycles. The number of carbonyl (C=O) groups is 1. The van der Waals surface area contributed by atoms with Crippen LogP contribution in [0, 0.1) is 0 Å². The Morgan fingerprint density at radius 1 is 1.25 bits per heavy atom. The highest BCUT2D eigenvalue weighted by atomic mass is 35.5. The summed E-state index contributed by atoms with van der Waals surface area (Å²) in [7, 11) is 0. The van der Waals surface area contributed by atoms with Crippen molar-refractivity contribution >= 4 is 23.2 Å². The maximum atomic E-state index is 12.0. The van der Waals surface area contributed by atoms with Crippen LogP contribution in [-0.2, 0) is 4.79 Å². The SMILES string of the molecule is CC(=O)N(c1ccc(Cl)cc1)C1CCN(C(C)C)CC1. The van der Waals surface area contributed by atoms with E-state index in [4.69, 9.17) is 11.6 Å². The number of carbonyl (C=O) groups excluding carboxylic acids is 1. The van der Waals surface area contributed by atoms with E-state index in [1.165, 1.54) is 0 Å². The van der Waals surface area contributed by atoms with Gasteiger partial charge in [-0.1, -0.05) is 11.6 Å². The third-order valence-corrected chi connectivity index (χ3v) is 4.29. The fourth-order valence-electron chi connectivity index (χ4n) is 2.91. The van der Waals surface area contributed by atoms with Crippen molar-refractivity contribution < 1.29 is 4.79 Å². The molecule has 0 N–H and O–H groups in total. The molecule has 1 aliphatic rings. The molecule has 2 rings (SSSR count). The second-order valence-electron chi connectivity index (χ2n) is 5.73. The summed E-state index contributed by atoms with van der Waals surface area (Å²) in [4.78, 5) is 16.4. The summed E-state index contributed by atoms with van der Waals surface area (Å²) in [6.45, 7) is 8.20. The second-order valence-corrected chi connectivity index (χ2v) is 6.16. The number of rotatable bonds is 3. The Bertz CT molecular complexity index is 450. The third kappa shape index (κ3) is 3.53. The summed E-state index contributed by atoms with van der Waals surface area (Å²) in [5.41, 5.74) is 0.949. The van der Waals surface area contributed by atoms with Crippen LogP contribution >= 0.6 is 11.6 Å². The molecule has 4 heteroatoms. The van der Waals surface area contributed by atoms with Crippen molar-refractivity contribution in [2.45, 2.75) is 45.7 Å². The van der Waals surface area contributed by atoms with Gasteiger partial charge in [-0.3, -0.25) is 4.79 Å². The number of nitrogens with zero attached hydrogens (tertiary/aromatic N) is 2. The van der Waals surface area contributed by atoms with Crippen molar-refractivity contribution in [2.75, 3.05) is 18.0 Å². The van der Waals surface area contributed by atoms with Crippen LogP contribution in [0.5, 0.6) is 0 Å². The Kier molecular flexibility index (Phi) is 5.06. The fourth-order valence-corrected chi connectivity index (χ4v) is 3.04. The van der Waals surface area contributed by atoms with Crippen molar-refractivity contribution in [2.24, 2.45) is 0 Å². The van der Waals surface area contributed by atoms with Crippen LogP contribution in [0.1, 0.15) is 33.6 Å². The molecule has 1 fully saturated rings. The van der Waals surface area contributed by atoms with Crippen molar-refractivity contribution in [3.05, 3.63) is 29.3 Å². The van der Waals surface area contributed by atoms with Gasteiger partial charge in [0, 0.05) is 42.8 Å². The molecule has 3 nitrogen and oxygen atoms in total. The first-order valence-electron chi connectivity index (χ1n) is 7.28. The molecule has 1 amide bonds. The zero-order valence-corrected chi connectivity index (χ0v) is 13.2. The van der Waals surface area contributed by atoms with Crippen molar-refractivity contribution in [1.29, 1.82) is 0 Å². The highest BCUT2D eigenvalue weighted by molar-refractivity contribution is 6.30. The van der Waals surface area contributed by atoms with Gasteiger partial charge in [-0.05, 0) is 51.0 Å². The van der Waals surface area contributed by atoms with Gasteiger partial charge < -0.3 is 9.80 Å². The third-order valence-electron chi connectivity index (χ3n) is 4.04. The summed E-state index contributed by atoms with van der Waals surface area (Å²) in [5, 5.41) is 0.701. The maximum Gasteiger partial charge on any atom is 0.224 e. The van der Waals surface area contributed by atoms with Gasteiger partial charge in [0.2, 0.25) is 5.91 Å². The van der Waals surface area contributed by atoms with E-state index in [1.807, 2.05) is 29.2 Å². The van der Waals surface area contributed by atoms with Crippen molar-refractivity contribution in [3.8, 4) is 0 Å². The monoisotopic (exact) mass is 294 g/mol. The molecule has 1 aromatic rings. The van der Waals surface area contributed by atoms with E-state index < -0.39 is 0 Å². The van der Waals surface area contributed by atoms with Crippen molar-refractivity contribution in [1.82, 2.24) is 4.90 Å². The Labute approximate surface area is 126 Å². The lowest BCUT2D eigenvalue weighted by Crippen LogP contribution is -2.48. The Morgan fingerprint density at radius 2 is 1.80 bits per heavy atom. The molecule has 0 spiro atoms. The average molecular weight is 295 g/mol. The van der Waals surface area contributed by atoms with Gasteiger partial charge in [-0.2, -0.15) is 0 Å². The minimum Gasteiger partial charge on any atom is -0.310 e. The van der Waals surface area contributed by atoms with Gasteiger partial charge in [0.15, 0.2) is 0 Å². The van der Waals surface area contributed by atoms with E-state index in [1.54, 1.807) is 6.92 Å². The molecule has 110 valence electrons. The molecule has 0 atom stereocenters. The highest BCUT2D eigenvalue weighted by Crippen LogP contribution is 2.26. The first-order valence-corrected chi connectivity index (χ1v) is 7.66. The normalized spacial score (nSPS) is 17.4. The molecule has 20 heavy (non-hydrogen) atoms. The Hall–Kier alpha value is -1.06. The summed E-state index contributed by atoms with van der Waals surface area (Å²) in [6.07, 6.45) is 2.06. The van der Waals surface area contributed by atoms with Crippen LogP contribution in [0.15, 0.2) is 24.3 Å². The fraction of sp³-hybridized carbons (Fsp3) is 0.562. The van der Waals surface area contributed by atoms with Gasteiger partial charge in [-0.15, -0.1) is 0 Å². The first-order chi connectivity index (χ1) is 9.49. The molecule has 0 aromatic heterocycles. The standard InChI is InChI=1S/C16H23ClN2O/c1-12(2)18-10-8-16(9-11-18)19(13(3)20)15-6-4-14(17)5-7-15/h4-7,12,16H,8-11H2,1-3H3. The van der Waals surface area contributed by atoms with Crippen LogP contribution in [-0.4, -0.2) is 36.0 Å². The lowest BCUT2D eigenvalue weighted by atomic mass is 10.0. The molecule has 0 radical (unpaired) electrons. The maximum absolute atomic E-state index is 12.0. The molecule has 1 saturated heterocycles. The number of piperidine rings is 1. The zero-order chi connectivity index (χ0) is 14.7. The number of anilines is 1. The highest BCUT2D eigenvalue weighted by Gasteiger charge is 2.28. The number of amides is 1. The molecule has 0 unspecified atom stereocenters. The Morgan fingerprint density at radius 3 is 2.25 bits per heavy atom. The number of benzene rings is 1. The van der Waals surface area contributed by atoms with E-state index in [2.05, 4.69) is 18.7 Å². The average Bonchev–Trinajstić information content (AvgIpc) is 2.41. The predicted octanol–water partition coefficient (Wildman–Crippen LogP) is 3.57. The number of hydrogen-bond acceptors (Lipinski definition) is 2. The topological polar surface area (TPSA) is 23.6 Å². The largest absolute Gasteiger partial charge is 0.310 e. The van der Waals surface area contributed by atoms with Gasteiger partial charge in [-0.25, -0.2) is 0 Å². The van der Waals surface area contributed by atoms with E-state index in [9.17, 15) is 4.79 Å². The van der Waals surface area contributed by atoms with Crippen LogP contribution in [0.25, 0.3) is 0 Å². The predicted molar refractivity (Wildman–Crippen MR) is 84.3 cm³/mol. The smallest absolute Gasteiger partial charge is 0.224 e. The molecular weight excluding hydrogens is 272 g/mol. The lowest BCUT2D eigenvalue weighted by Gasteiger charge is -2.39. The van der Waals surface area contributed by atoms with E-state index in [0.717, 1.165) is 31.6 Å². The van der Waals surface area contributed by atoms with Crippen LogP contribution in [0.4, 0.5) is 5.69 Å². The minimum absolute atomic E-state index is 0.107. The second kappa shape index (κ2) is 6.59. The van der Waals surface area contributed by atoms with Gasteiger partial charge in [0.25, 0.3) is 0 Å². The Balaban J connectivity index is 2.11. The summed E-state index contributed by atoms with van der Waals surface area (Å²) in [5.74, 6) is 0.107. The quantitative estimate of drug-likeness (QED) is 0.851. The van der Waals surface area contributed by atoms with E-state index in [-0.39, 0.29) is 5.91 Å². The van der Waals surface area contributed by atoms with Gasteiger partial charge >= 0.3 is 0 Å². The van der Waals surface area contributed by atoms with Crippen LogP contribution in [0.3, 0.4) is 0 Å². The number of hydrogen-bond donors (Lipinski definition) is 0. The molecule has 1 heterocycles. The molecule has 0 aliphatic carbocycles. The van der Waals surface area contributed by atoms with E-state index in [0.29, 0.717) is 17.1 Å². The zero-order valence-electron chi connectivity index (χ0n) is 12.5. The van der Waals surface area contributed by atoms with E-state index >= 15 is 0 Å². The lowest BCUT2D eigenvalue weighted by molar-refractivity contribution is -0.117. The number of likely N-dealkylation sites (tertiary alicyclic amines) is 1. The van der Waals surface area contributed by atoms with Gasteiger partial charge in [0.05, 0.1) is 0 Å². The molecule has 0 saturated carbocycles. The summed E-state index contributed by atoms with van der Waals surface area (Å²) >= 11 is 5.93. The number of halogens is 1. The molecular formula is C16H23ClN2O. The first kappa shape index (κ1) is 15.3. The summed E-state index contributed by atoms with van der Waals surface area (Å²) in [6, 6.07) is 8.42. The minimum atomic E-state index is 0.107. The van der Waals surface area contributed by atoms with Crippen molar-refractivity contribution in [3.63, 3.8) is 0 Å². The molecule has 1 aliphatic heterocycles. The van der Waals surface area contributed by atoms with Crippen LogP contribution in [0.2, 0.25) is 5.02 Å². The van der Waals surface area contributed by atoms with Gasteiger partial charge in [0.1, 0.15) is 0 Å². The van der Waals surface area contributed by atoms with Crippen LogP contribution < -0.4 is 4.90 Å². The summed E-state index contributed by atoms with van der Waals surface area (Å²) < 4.78 is 0. The molecule has 0 bridgehead atoms.